The summed E-state index contributed by atoms with van der Waals surface area (Å²) in [5.41, 5.74) is 6.62. The highest BCUT2D eigenvalue weighted by Gasteiger charge is 2.05. The fourth-order valence-electron chi connectivity index (χ4n) is 1.57. The number of pyridine rings is 1. The van der Waals surface area contributed by atoms with Crippen LogP contribution in [0.4, 0.5) is 5.69 Å². The average Bonchev–Trinajstić information content (AvgIpc) is 2.28. The number of ether oxygens (including phenoxy) is 1. The molecule has 0 atom stereocenters. The van der Waals surface area contributed by atoms with Gasteiger partial charge in [-0.2, -0.15) is 0 Å². The fraction of sp³-hybridized carbons (Fsp3) is 0.308. The Labute approximate surface area is 95.2 Å². The molecule has 3 nitrogen and oxygen atoms in total. The van der Waals surface area contributed by atoms with Gasteiger partial charge in [0.15, 0.2) is 0 Å². The quantitative estimate of drug-likeness (QED) is 0.802. The molecule has 3 heteroatoms. The molecule has 0 amide bonds. The number of nitrogens with zero attached hydrogens (tertiary/aromatic N) is 1. The summed E-state index contributed by atoms with van der Waals surface area (Å²) in [7, 11) is 0. The molecule has 16 heavy (non-hydrogen) atoms. The summed E-state index contributed by atoms with van der Waals surface area (Å²) in [4.78, 5) is 4.07. The lowest BCUT2D eigenvalue weighted by molar-refractivity contribution is 0.274. The van der Waals surface area contributed by atoms with E-state index < -0.39 is 0 Å². The highest BCUT2D eigenvalue weighted by molar-refractivity contribution is 5.96. The molecular weight excluding hydrogens is 200 g/mol. The number of nitrogen functional groups attached to an aromatic ring is 1. The van der Waals surface area contributed by atoms with E-state index >= 15 is 0 Å². The zero-order valence-electron chi connectivity index (χ0n) is 9.60. The summed E-state index contributed by atoms with van der Waals surface area (Å²) in [6.45, 7) is 4.96. The minimum Gasteiger partial charge on any atom is -0.493 e. The maximum Gasteiger partial charge on any atom is 0.127 e. The van der Waals surface area contributed by atoms with Gasteiger partial charge < -0.3 is 10.5 Å². The second-order valence-electron chi connectivity index (χ2n) is 4.28. The number of hydrogen-bond acceptors (Lipinski definition) is 3. The van der Waals surface area contributed by atoms with E-state index in [4.69, 9.17) is 10.5 Å². The first-order valence-electron chi connectivity index (χ1n) is 5.43. The second-order valence-corrected chi connectivity index (χ2v) is 4.28. The molecule has 0 radical (unpaired) electrons. The summed E-state index contributed by atoms with van der Waals surface area (Å²) in [6, 6.07) is 5.71. The molecule has 84 valence electrons. The van der Waals surface area contributed by atoms with E-state index in [1.165, 1.54) is 0 Å². The van der Waals surface area contributed by atoms with Gasteiger partial charge in [0.1, 0.15) is 5.75 Å². The van der Waals surface area contributed by atoms with Crippen molar-refractivity contribution in [1.82, 2.24) is 4.98 Å². The van der Waals surface area contributed by atoms with Crippen molar-refractivity contribution in [3.63, 3.8) is 0 Å². The summed E-state index contributed by atoms with van der Waals surface area (Å²) in [5, 5.41) is 1.97. The lowest BCUT2D eigenvalue weighted by Gasteiger charge is -2.12. The van der Waals surface area contributed by atoms with Crippen molar-refractivity contribution in [2.75, 3.05) is 12.3 Å². The van der Waals surface area contributed by atoms with Crippen molar-refractivity contribution in [1.29, 1.82) is 0 Å². The van der Waals surface area contributed by atoms with Gasteiger partial charge in [0, 0.05) is 28.9 Å². The molecule has 0 aliphatic rings. The van der Waals surface area contributed by atoms with Gasteiger partial charge in [-0.25, -0.2) is 0 Å². The number of nitrogens with two attached hydrogens (primary N) is 1. The van der Waals surface area contributed by atoms with Gasteiger partial charge in [-0.05, 0) is 24.1 Å². The molecule has 2 N–H and O–H groups in total. The zero-order chi connectivity index (χ0) is 11.5. The minimum absolute atomic E-state index is 0.509. The Balaban J connectivity index is 2.42. The molecule has 2 rings (SSSR count). The third kappa shape index (κ3) is 2.08. The van der Waals surface area contributed by atoms with Crippen LogP contribution in [-0.2, 0) is 0 Å². The van der Waals surface area contributed by atoms with Gasteiger partial charge in [0.05, 0.1) is 6.61 Å². The predicted octanol–water partition coefficient (Wildman–Crippen LogP) is 2.85. The molecule has 1 aromatic heterocycles. The van der Waals surface area contributed by atoms with E-state index in [9.17, 15) is 0 Å². The molecule has 1 heterocycles. The summed E-state index contributed by atoms with van der Waals surface area (Å²) in [5.74, 6) is 1.38. The van der Waals surface area contributed by atoms with Crippen LogP contribution in [0.25, 0.3) is 10.8 Å². The number of hydrogen-bond donors (Lipinski definition) is 1. The number of fused-ring (bicyclic) bond motifs is 1. The van der Waals surface area contributed by atoms with Gasteiger partial charge in [0.2, 0.25) is 0 Å². The highest BCUT2D eigenvalue weighted by atomic mass is 16.5. The van der Waals surface area contributed by atoms with Crippen LogP contribution in [-0.4, -0.2) is 11.6 Å². The van der Waals surface area contributed by atoms with Gasteiger partial charge in [-0.3, -0.25) is 4.98 Å². The molecule has 2 aromatic rings. The van der Waals surface area contributed by atoms with E-state index in [0.29, 0.717) is 12.5 Å². The van der Waals surface area contributed by atoms with Crippen LogP contribution in [0.3, 0.4) is 0 Å². The van der Waals surface area contributed by atoms with Crippen molar-refractivity contribution in [3.05, 3.63) is 30.6 Å². The van der Waals surface area contributed by atoms with Crippen molar-refractivity contribution < 1.29 is 4.74 Å². The minimum atomic E-state index is 0.509. The Hall–Kier alpha value is -1.77. The average molecular weight is 216 g/mol. The van der Waals surface area contributed by atoms with Crippen LogP contribution in [0.1, 0.15) is 13.8 Å². The molecule has 1 aromatic carbocycles. The Morgan fingerprint density at radius 3 is 2.81 bits per heavy atom. The molecule has 0 aliphatic carbocycles. The van der Waals surface area contributed by atoms with Crippen LogP contribution >= 0.6 is 0 Å². The Bertz CT molecular complexity index is 494. The maximum absolute atomic E-state index is 5.89. The fourth-order valence-corrected chi connectivity index (χ4v) is 1.57. The Morgan fingerprint density at radius 2 is 2.06 bits per heavy atom. The number of rotatable bonds is 3. The lowest BCUT2D eigenvalue weighted by atomic mass is 10.1. The lowest BCUT2D eigenvalue weighted by Crippen LogP contribution is -2.05. The van der Waals surface area contributed by atoms with Crippen molar-refractivity contribution >= 4 is 16.5 Å². The normalized spacial score (nSPS) is 10.9. The van der Waals surface area contributed by atoms with Crippen molar-refractivity contribution in [2.24, 2.45) is 5.92 Å². The van der Waals surface area contributed by atoms with Crippen LogP contribution in [0.5, 0.6) is 5.75 Å². The third-order valence-corrected chi connectivity index (χ3v) is 2.38. The summed E-state index contributed by atoms with van der Waals surface area (Å²) in [6.07, 6.45) is 3.52. The van der Waals surface area contributed by atoms with Crippen molar-refractivity contribution in [2.45, 2.75) is 13.8 Å². The molecular formula is C13H16N2O. The molecule has 0 saturated carbocycles. The predicted molar refractivity (Wildman–Crippen MR) is 66.5 cm³/mol. The smallest absolute Gasteiger partial charge is 0.127 e. The summed E-state index contributed by atoms with van der Waals surface area (Å²) >= 11 is 0. The van der Waals surface area contributed by atoms with Crippen LogP contribution < -0.4 is 10.5 Å². The second kappa shape index (κ2) is 4.39. The number of benzene rings is 1. The largest absolute Gasteiger partial charge is 0.493 e. The van der Waals surface area contributed by atoms with Gasteiger partial charge in [-0.1, -0.05) is 13.8 Å². The molecule has 0 bridgehead atoms. The van der Waals surface area contributed by atoms with Crippen molar-refractivity contribution in [3.8, 4) is 5.75 Å². The van der Waals surface area contributed by atoms with Gasteiger partial charge >= 0.3 is 0 Å². The van der Waals surface area contributed by atoms with E-state index in [1.807, 2.05) is 18.2 Å². The first-order chi connectivity index (χ1) is 7.68. The van der Waals surface area contributed by atoms with E-state index in [1.54, 1.807) is 12.4 Å². The topological polar surface area (TPSA) is 48.1 Å². The van der Waals surface area contributed by atoms with Gasteiger partial charge in [0.25, 0.3) is 0 Å². The van der Waals surface area contributed by atoms with Crippen LogP contribution in [0.2, 0.25) is 0 Å². The number of aromatic nitrogens is 1. The molecule has 0 spiro atoms. The Morgan fingerprint density at radius 1 is 1.25 bits per heavy atom. The maximum atomic E-state index is 5.89. The zero-order valence-corrected chi connectivity index (χ0v) is 9.60. The first kappa shape index (κ1) is 10.7. The van der Waals surface area contributed by atoms with E-state index in [0.717, 1.165) is 22.2 Å². The molecule has 0 fully saturated rings. The standard InChI is InChI=1S/C13H16N2O/c1-9(2)8-16-13-4-3-12(14)11-7-15-6-5-10(11)13/h3-7,9H,8,14H2,1-2H3. The Kier molecular flexibility index (Phi) is 2.95. The van der Waals surface area contributed by atoms with E-state index in [-0.39, 0.29) is 0 Å². The number of anilines is 1. The van der Waals surface area contributed by atoms with Gasteiger partial charge in [-0.15, -0.1) is 0 Å². The molecule has 0 aliphatic heterocycles. The molecule has 0 unspecified atom stereocenters. The van der Waals surface area contributed by atoms with Crippen LogP contribution in [0, 0.1) is 5.92 Å². The summed E-state index contributed by atoms with van der Waals surface area (Å²) < 4.78 is 5.75. The SMILES string of the molecule is CC(C)COc1ccc(N)c2cnccc12. The monoisotopic (exact) mass is 216 g/mol. The van der Waals surface area contributed by atoms with Crippen LogP contribution in [0.15, 0.2) is 30.6 Å². The highest BCUT2D eigenvalue weighted by Crippen LogP contribution is 2.29. The van der Waals surface area contributed by atoms with E-state index in [2.05, 4.69) is 18.8 Å². The first-order valence-corrected chi connectivity index (χ1v) is 5.43. The molecule has 0 saturated heterocycles. The third-order valence-electron chi connectivity index (χ3n) is 2.38.